The molecule has 0 spiro atoms. The van der Waals surface area contributed by atoms with Crippen LogP contribution >= 0.6 is 11.3 Å². The molecule has 2 aromatic heterocycles. The number of carbonyl (C=O) groups is 2. The Bertz CT molecular complexity index is 1160. The van der Waals surface area contributed by atoms with Crippen LogP contribution in [0.3, 0.4) is 0 Å². The second-order valence-electron chi connectivity index (χ2n) is 10.4. The molecular formula is C25H32F3N5O3S. The third-order valence-electron chi connectivity index (χ3n) is 6.87. The lowest BCUT2D eigenvalue weighted by molar-refractivity contribution is -0.142. The van der Waals surface area contributed by atoms with Crippen molar-refractivity contribution in [3.8, 4) is 10.4 Å². The average Bonchev–Trinajstić information content (AvgIpc) is 3.54. The first-order valence-electron chi connectivity index (χ1n) is 12.4. The van der Waals surface area contributed by atoms with Crippen LogP contribution in [-0.4, -0.2) is 68.2 Å². The molecule has 37 heavy (non-hydrogen) atoms. The Hall–Kier alpha value is -2.73. The van der Waals surface area contributed by atoms with Gasteiger partial charge in [0, 0.05) is 30.4 Å². The number of hydrogen-bond donors (Lipinski definition) is 3. The highest BCUT2D eigenvalue weighted by Crippen LogP contribution is 2.41. The fourth-order valence-corrected chi connectivity index (χ4v) is 6.00. The van der Waals surface area contributed by atoms with Crippen molar-refractivity contribution in [1.82, 2.24) is 20.2 Å². The van der Waals surface area contributed by atoms with E-state index in [4.69, 9.17) is 0 Å². The smallest absolute Gasteiger partial charge is 0.389 e. The Morgan fingerprint density at radius 1 is 1.22 bits per heavy atom. The lowest BCUT2D eigenvalue weighted by Crippen LogP contribution is -2.38. The minimum absolute atomic E-state index is 0.000942. The van der Waals surface area contributed by atoms with Crippen LogP contribution in [0.15, 0.2) is 12.3 Å². The highest BCUT2D eigenvalue weighted by molar-refractivity contribution is 7.17. The van der Waals surface area contributed by atoms with Gasteiger partial charge < -0.3 is 20.6 Å². The van der Waals surface area contributed by atoms with E-state index in [1.54, 1.807) is 20.8 Å². The van der Waals surface area contributed by atoms with Crippen molar-refractivity contribution in [3.63, 3.8) is 0 Å². The summed E-state index contributed by atoms with van der Waals surface area (Å²) >= 11 is 1.03. The molecule has 0 unspecified atom stereocenters. The number of pyridine rings is 1. The quantitative estimate of drug-likeness (QED) is 0.455. The SMILES string of the molecule is CC[C@H](Nc1cc(C)c(-c2sc(C(=O)NCC(C)(C)O)nc2C(=O)N2C3CCC2CC3)cn1)C(F)(F)F. The number of aromatic nitrogens is 2. The highest BCUT2D eigenvalue weighted by Gasteiger charge is 2.44. The van der Waals surface area contributed by atoms with Gasteiger partial charge in [-0.3, -0.25) is 9.59 Å². The maximum absolute atomic E-state index is 13.7. The summed E-state index contributed by atoms with van der Waals surface area (Å²) in [5.74, 6) is -0.692. The molecule has 12 heteroatoms. The van der Waals surface area contributed by atoms with Crippen LogP contribution in [0.1, 0.15) is 78.7 Å². The van der Waals surface area contributed by atoms with E-state index in [2.05, 4.69) is 20.6 Å². The summed E-state index contributed by atoms with van der Waals surface area (Å²) in [7, 11) is 0. The molecule has 0 saturated carbocycles. The highest BCUT2D eigenvalue weighted by atomic mass is 32.1. The third-order valence-corrected chi connectivity index (χ3v) is 7.96. The van der Waals surface area contributed by atoms with Crippen LogP contribution in [0.25, 0.3) is 10.4 Å². The number of amides is 2. The molecule has 2 aliphatic heterocycles. The zero-order valence-corrected chi connectivity index (χ0v) is 22.1. The van der Waals surface area contributed by atoms with Crippen LogP contribution in [0.4, 0.5) is 19.0 Å². The summed E-state index contributed by atoms with van der Waals surface area (Å²) in [6.07, 6.45) is 0.603. The second-order valence-corrected chi connectivity index (χ2v) is 11.4. The molecule has 2 aliphatic rings. The second kappa shape index (κ2) is 10.2. The number of hydrogen-bond acceptors (Lipinski definition) is 7. The van der Waals surface area contributed by atoms with Crippen molar-refractivity contribution in [2.45, 2.75) is 89.7 Å². The number of nitrogens with zero attached hydrogens (tertiary/aromatic N) is 3. The van der Waals surface area contributed by atoms with Crippen LogP contribution in [-0.2, 0) is 0 Å². The molecule has 2 bridgehead atoms. The zero-order chi connectivity index (χ0) is 27.1. The van der Waals surface area contributed by atoms with E-state index in [-0.39, 0.29) is 47.5 Å². The molecule has 2 amide bonds. The topological polar surface area (TPSA) is 107 Å². The largest absolute Gasteiger partial charge is 0.408 e. The molecule has 0 aromatic carbocycles. The number of aliphatic hydroxyl groups is 1. The number of aryl methyl sites for hydroxylation is 1. The van der Waals surface area contributed by atoms with Gasteiger partial charge in [-0.2, -0.15) is 13.2 Å². The Morgan fingerprint density at radius 3 is 2.35 bits per heavy atom. The zero-order valence-electron chi connectivity index (χ0n) is 21.3. The molecule has 1 atom stereocenters. The summed E-state index contributed by atoms with van der Waals surface area (Å²) < 4.78 is 39.7. The molecular weight excluding hydrogens is 507 g/mol. The van der Waals surface area contributed by atoms with E-state index in [1.807, 2.05) is 4.90 Å². The predicted octanol–water partition coefficient (Wildman–Crippen LogP) is 4.53. The number of thiazole rings is 1. The number of nitrogens with one attached hydrogen (secondary N) is 2. The molecule has 0 aliphatic carbocycles. The standard InChI is InChI=1S/C25H32F3N5O3S/c1-5-17(25(26,27)28)31-18-10-13(2)16(11-29-18)20-19(23(35)33-14-6-7-15(33)9-8-14)32-22(37-20)21(34)30-12-24(3,4)36/h10-11,14-15,17,36H,5-9,12H2,1-4H3,(H,29,31)(H,30,34)/t14?,15?,17-/m0/s1. The Kier molecular flexibility index (Phi) is 7.53. The van der Waals surface area contributed by atoms with Gasteiger partial charge in [-0.25, -0.2) is 9.97 Å². The first-order chi connectivity index (χ1) is 17.3. The van der Waals surface area contributed by atoms with Crippen molar-refractivity contribution < 1.29 is 27.9 Å². The molecule has 0 radical (unpaired) electrons. The summed E-state index contributed by atoms with van der Waals surface area (Å²) in [4.78, 5) is 37.4. The summed E-state index contributed by atoms with van der Waals surface area (Å²) in [5, 5.41) is 15.1. The maximum Gasteiger partial charge on any atom is 0.408 e. The van der Waals surface area contributed by atoms with Gasteiger partial charge in [-0.15, -0.1) is 11.3 Å². The molecule has 4 heterocycles. The summed E-state index contributed by atoms with van der Waals surface area (Å²) in [6, 6.07) is 0.0745. The van der Waals surface area contributed by atoms with E-state index >= 15 is 0 Å². The van der Waals surface area contributed by atoms with E-state index in [9.17, 15) is 27.9 Å². The van der Waals surface area contributed by atoms with Crippen LogP contribution < -0.4 is 10.6 Å². The molecule has 2 saturated heterocycles. The minimum atomic E-state index is -4.42. The van der Waals surface area contributed by atoms with E-state index < -0.39 is 23.7 Å². The summed E-state index contributed by atoms with van der Waals surface area (Å²) in [5.41, 5.74) is 0.142. The number of alkyl halides is 3. The Labute approximate surface area is 217 Å². The molecule has 8 nitrogen and oxygen atoms in total. The third kappa shape index (κ3) is 5.90. The predicted molar refractivity (Wildman–Crippen MR) is 135 cm³/mol. The molecule has 4 rings (SSSR count). The van der Waals surface area contributed by atoms with Crippen molar-refractivity contribution in [3.05, 3.63) is 28.5 Å². The molecule has 2 aromatic rings. The Morgan fingerprint density at radius 2 is 1.84 bits per heavy atom. The van der Waals surface area contributed by atoms with E-state index in [1.165, 1.54) is 19.2 Å². The van der Waals surface area contributed by atoms with Gasteiger partial charge >= 0.3 is 6.18 Å². The van der Waals surface area contributed by atoms with Crippen molar-refractivity contribution in [2.75, 3.05) is 11.9 Å². The van der Waals surface area contributed by atoms with Gasteiger partial charge in [0.15, 0.2) is 5.01 Å². The van der Waals surface area contributed by atoms with Gasteiger partial charge in [0.2, 0.25) is 0 Å². The van der Waals surface area contributed by atoms with Crippen molar-refractivity contribution >= 4 is 29.0 Å². The first kappa shape index (κ1) is 27.3. The number of fused-ring (bicyclic) bond motifs is 2. The average molecular weight is 540 g/mol. The van der Waals surface area contributed by atoms with Crippen LogP contribution in [0.5, 0.6) is 0 Å². The monoisotopic (exact) mass is 539 g/mol. The number of rotatable bonds is 8. The molecule has 2 fully saturated rings. The number of carbonyl (C=O) groups excluding carboxylic acids is 2. The molecule has 3 N–H and O–H groups in total. The van der Waals surface area contributed by atoms with Gasteiger partial charge in [-0.05, 0) is 64.5 Å². The Balaban J connectivity index is 1.68. The van der Waals surface area contributed by atoms with E-state index in [0.717, 1.165) is 37.0 Å². The van der Waals surface area contributed by atoms with Gasteiger partial charge in [0.25, 0.3) is 11.8 Å². The lowest BCUT2D eigenvalue weighted by atomic mass is 10.0. The lowest BCUT2D eigenvalue weighted by Gasteiger charge is -2.22. The minimum Gasteiger partial charge on any atom is -0.389 e. The normalized spacial score (nSPS) is 20.3. The maximum atomic E-state index is 13.7. The number of anilines is 1. The first-order valence-corrected chi connectivity index (χ1v) is 13.2. The van der Waals surface area contributed by atoms with Crippen molar-refractivity contribution in [1.29, 1.82) is 0 Å². The van der Waals surface area contributed by atoms with Gasteiger partial charge in [-0.1, -0.05) is 6.92 Å². The number of halogens is 3. The van der Waals surface area contributed by atoms with Gasteiger partial charge in [0.05, 0.1) is 10.5 Å². The van der Waals surface area contributed by atoms with E-state index in [0.29, 0.717) is 16.0 Å². The fraction of sp³-hybridized carbons (Fsp3) is 0.600. The molecule has 202 valence electrons. The fourth-order valence-electron chi connectivity index (χ4n) is 4.95. The van der Waals surface area contributed by atoms with Gasteiger partial charge in [0.1, 0.15) is 17.6 Å². The van der Waals surface area contributed by atoms with Crippen LogP contribution in [0, 0.1) is 6.92 Å². The summed E-state index contributed by atoms with van der Waals surface area (Å²) in [6.45, 7) is 6.28. The van der Waals surface area contributed by atoms with Crippen molar-refractivity contribution in [2.24, 2.45) is 0 Å². The van der Waals surface area contributed by atoms with Crippen LogP contribution in [0.2, 0.25) is 0 Å².